The molecule has 0 fully saturated rings. The van der Waals surface area contributed by atoms with Crippen molar-refractivity contribution in [2.24, 2.45) is 0 Å². The van der Waals surface area contributed by atoms with Crippen molar-refractivity contribution in [2.75, 3.05) is 23.4 Å². The predicted octanol–water partition coefficient (Wildman–Crippen LogP) is 2.39. The van der Waals surface area contributed by atoms with E-state index in [0.717, 1.165) is 12.1 Å². The number of nitro benzene ring substituents is 1. The number of nitrogens with one attached hydrogen (secondary N) is 1. The minimum Gasteiger partial charge on any atom is -0.452 e. The van der Waals surface area contributed by atoms with Gasteiger partial charge >= 0.3 is 5.97 Å². The minimum absolute atomic E-state index is 0.112. The number of hydrogen-bond donors (Lipinski definition) is 1. The molecule has 0 aromatic heterocycles. The Morgan fingerprint density at radius 2 is 2.00 bits per heavy atom. The fraction of sp³-hybridized carbons (Fsp3) is 0.118. The molecule has 2 amide bonds. The van der Waals surface area contributed by atoms with Crippen molar-refractivity contribution in [3.8, 4) is 0 Å². The van der Waals surface area contributed by atoms with Crippen LogP contribution >= 0.6 is 11.6 Å². The third-order valence-electron chi connectivity index (χ3n) is 3.77. The van der Waals surface area contributed by atoms with Crippen molar-refractivity contribution < 1.29 is 24.0 Å². The van der Waals surface area contributed by atoms with Gasteiger partial charge in [-0.3, -0.25) is 24.6 Å². The van der Waals surface area contributed by atoms with E-state index in [1.54, 1.807) is 24.3 Å². The Hall–Kier alpha value is -3.46. The number of esters is 1. The van der Waals surface area contributed by atoms with Crippen LogP contribution in [-0.2, 0) is 14.3 Å². The van der Waals surface area contributed by atoms with Crippen LogP contribution in [0.1, 0.15) is 10.4 Å². The van der Waals surface area contributed by atoms with E-state index >= 15 is 0 Å². The molecule has 9 nitrogen and oxygen atoms in total. The van der Waals surface area contributed by atoms with Crippen LogP contribution in [0.25, 0.3) is 0 Å². The van der Waals surface area contributed by atoms with Crippen LogP contribution in [0.15, 0.2) is 42.5 Å². The summed E-state index contributed by atoms with van der Waals surface area (Å²) < 4.78 is 4.91. The largest absolute Gasteiger partial charge is 0.452 e. The van der Waals surface area contributed by atoms with Crippen molar-refractivity contribution in [3.05, 3.63) is 63.2 Å². The molecule has 0 saturated heterocycles. The molecule has 0 spiro atoms. The molecule has 3 rings (SSSR count). The molecule has 1 N–H and O–H groups in total. The van der Waals surface area contributed by atoms with Crippen LogP contribution in [0.4, 0.5) is 17.1 Å². The van der Waals surface area contributed by atoms with Crippen molar-refractivity contribution in [2.45, 2.75) is 0 Å². The summed E-state index contributed by atoms with van der Waals surface area (Å²) in [6, 6.07) is 10.1. The summed E-state index contributed by atoms with van der Waals surface area (Å²) >= 11 is 5.77. The Labute approximate surface area is 157 Å². The van der Waals surface area contributed by atoms with Crippen molar-refractivity contribution in [3.63, 3.8) is 0 Å². The van der Waals surface area contributed by atoms with Crippen molar-refractivity contribution in [1.82, 2.24) is 0 Å². The van der Waals surface area contributed by atoms with Gasteiger partial charge in [0.1, 0.15) is 12.1 Å². The van der Waals surface area contributed by atoms with E-state index in [1.807, 2.05) is 0 Å². The molecule has 0 saturated carbocycles. The number of para-hydroxylation sites is 2. The van der Waals surface area contributed by atoms with E-state index in [4.69, 9.17) is 16.3 Å². The number of halogens is 1. The standard InChI is InChI=1S/C17H12ClN3O6/c18-10-5-6-13(21(25)26)11(7-10)17(24)27-9-16(23)20-8-15(22)19-12-3-1-2-4-14(12)20/h1-7H,8-9H2,(H,19,22). The number of carbonyl (C=O) groups is 3. The summed E-state index contributed by atoms with van der Waals surface area (Å²) in [5, 5.41) is 13.8. The van der Waals surface area contributed by atoms with Gasteiger partial charge in [0, 0.05) is 11.1 Å². The Bertz CT molecular complexity index is 961. The van der Waals surface area contributed by atoms with Gasteiger partial charge in [-0.25, -0.2) is 4.79 Å². The number of ether oxygens (including phenoxy) is 1. The highest BCUT2D eigenvalue weighted by molar-refractivity contribution is 6.31. The van der Waals surface area contributed by atoms with E-state index in [0.29, 0.717) is 11.4 Å². The van der Waals surface area contributed by atoms with Gasteiger partial charge in [0.05, 0.1) is 16.3 Å². The number of benzene rings is 2. The van der Waals surface area contributed by atoms with Crippen LogP contribution < -0.4 is 10.2 Å². The van der Waals surface area contributed by atoms with Crippen LogP contribution in [0.5, 0.6) is 0 Å². The molecule has 27 heavy (non-hydrogen) atoms. The quantitative estimate of drug-likeness (QED) is 0.487. The average molecular weight is 390 g/mol. The number of anilines is 2. The number of hydrogen-bond acceptors (Lipinski definition) is 6. The Balaban J connectivity index is 1.75. The molecule has 2 aromatic rings. The molecule has 2 aromatic carbocycles. The first-order chi connectivity index (χ1) is 12.9. The fourth-order valence-corrected chi connectivity index (χ4v) is 2.74. The van der Waals surface area contributed by atoms with Crippen LogP contribution in [0.3, 0.4) is 0 Å². The van der Waals surface area contributed by atoms with Gasteiger partial charge in [0.15, 0.2) is 6.61 Å². The normalized spacial score (nSPS) is 12.8. The van der Waals surface area contributed by atoms with Gasteiger partial charge in [-0.15, -0.1) is 0 Å². The van der Waals surface area contributed by atoms with Crippen LogP contribution in [0.2, 0.25) is 5.02 Å². The lowest BCUT2D eigenvalue weighted by Crippen LogP contribution is -2.44. The molecular formula is C17H12ClN3O6. The molecule has 1 heterocycles. The maximum atomic E-state index is 12.4. The molecule has 0 aliphatic carbocycles. The summed E-state index contributed by atoms with van der Waals surface area (Å²) in [5.74, 6) is -2.10. The number of carbonyl (C=O) groups excluding carboxylic acids is 3. The maximum absolute atomic E-state index is 12.4. The Morgan fingerprint density at radius 3 is 2.74 bits per heavy atom. The zero-order chi connectivity index (χ0) is 19.6. The summed E-state index contributed by atoms with van der Waals surface area (Å²) in [7, 11) is 0. The van der Waals surface area contributed by atoms with Gasteiger partial charge in [0.25, 0.3) is 11.6 Å². The van der Waals surface area contributed by atoms with Gasteiger partial charge in [-0.2, -0.15) is 0 Å². The van der Waals surface area contributed by atoms with Crippen LogP contribution in [0, 0.1) is 10.1 Å². The molecule has 1 aliphatic heterocycles. The van der Waals surface area contributed by atoms with Gasteiger partial charge in [0.2, 0.25) is 5.91 Å². The first-order valence-electron chi connectivity index (χ1n) is 7.67. The van der Waals surface area contributed by atoms with Gasteiger partial charge in [-0.05, 0) is 24.3 Å². The maximum Gasteiger partial charge on any atom is 0.345 e. The van der Waals surface area contributed by atoms with E-state index < -0.39 is 29.1 Å². The first-order valence-corrected chi connectivity index (χ1v) is 8.05. The highest BCUT2D eigenvalue weighted by Crippen LogP contribution is 2.29. The van der Waals surface area contributed by atoms with Gasteiger partial charge < -0.3 is 10.1 Å². The average Bonchev–Trinajstić information content (AvgIpc) is 2.64. The smallest absolute Gasteiger partial charge is 0.345 e. The molecule has 1 aliphatic rings. The predicted molar refractivity (Wildman–Crippen MR) is 95.8 cm³/mol. The number of rotatable bonds is 4. The van der Waals surface area contributed by atoms with Crippen LogP contribution in [-0.4, -0.2) is 35.9 Å². The SMILES string of the molecule is O=C1CN(C(=O)COC(=O)c2cc(Cl)ccc2[N+](=O)[O-])c2ccccc2N1. The third-order valence-corrected chi connectivity index (χ3v) is 4.01. The lowest BCUT2D eigenvalue weighted by Gasteiger charge is -2.28. The zero-order valence-corrected chi connectivity index (χ0v) is 14.4. The molecule has 138 valence electrons. The molecular weight excluding hydrogens is 378 g/mol. The molecule has 10 heteroatoms. The van der Waals surface area contributed by atoms with E-state index in [9.17, 15) is 24.5 Å². The topological polar surface area (TPSA) is 119 Å². The second kappa shape index (κ2) is 7.42. The molecule has 0 radical (unpaired) electrons. The zero-order valence-electron chi connectivity index (χ0n) is 13.7. The summed E-state index contributed by atoms with van der Waals surface area (Å²) in [4.78, 5) is 47.8. The third kappa shape index (κ3) is 3.87. The fourth-order valence-electron chi connectivity index (χ4n) is 2.57. The lowest BCUT2D eigenvalue weighted by molar-refractivity contribution is -0.385. The summed E-state index contributed by atoms with van der Waals surface area (Å²) in [5.41, 5.74) is 0.0717. The Kier molecular flexibility index (Phi) is 5.04. The first kappa shape index (κ1) is 18.3. The summed E-state index contributed by atoms with van der Waals surface area (Å²) in [6.07, 6.45) is 0. The van der Waals surface area contributed by atoms with E-state index in [1.165, 1.54) is 11.0 Å². The van der Waals surface area contributed by atoms with Gasteiger partial charge in [-0.1, -0.05) is 23.7 Å². The second-order valence-electron chi connectivity index (χ2n) is 5.54. The minimum atomic E-state index is -1.06. The molecule has 0 atom stereocenters. The number of nitro groups is 1. The Morgan fingerprint density at radius 1 is 1.26 bits per heavy atom. The highest BCUT2D eigenvalue weighted by atomic mass is 35.5. The van der Waals surface area contributed by atoms with Crippen molar-refractivity contribution in [1.29, 1.82) is 0 Å². The van der Waals surface area contributed by atoms with E-state index in [2.05, 4.69) is 5.32 Å². The monoisotopic (exact) mass is 389 g/mol. The number of nitrogens with zero attached hydrogens (tertiary/aromatic N) is 2. The number of amides is 2. The highest BCUT2D eigenvalue weighted by Gasteiger charge is 2.28. The second-order valence-corrected chi connectivity index (χ2v) is 5.98. The van der Waals surface area contributed by atoms with E-state index in [-0.39, 0.29) is 23.0 Å². The molecule has 0 bridgehead atoms. The number of fused-ring (bicyclic) bond motifs is 1. The molecule has 0 unspecified atom stereocenters. The lowest BCUT2D eigenvalue weighted by atomic mass is 10.2. The van der Waals surface area contributed by atoms with Crippen molar-refractivity contribution >= 4 is 46.4 Å². The summed E-state index contributed by atoms with van der Waals surface area (Å²) in [6.45, 7) is -0.922.